The predicted octanol–water partition coefficient (Wildman–Crippen LogP) is 0.302. The first-order chi connectivity index (χ1) is 3.72. The average Bonchev–Trinajstić information content (AvgIpc) is 1.84. The second-order valence-corrected chi connectivity index (χ2v) is 1.07. The van der Waals surface area contributed by atoms with E-state index >= 15 is 0 Å². The van der Waals surface area contributed by atoms with E-state index in [1.54, 1.807) is 0 Å². The first-order valence-electron chi connectivity index (χ1n) is 1.87. The molecule has 0 rings (SSSR count). The molecular weight excluding hydrogens is 110 g/mol. The van der Waals surface area contributed by atoms with E-state index in [0.717, 1.165) is 6.20 Å². The number of aliphatic hydroxyl groups excluding tert-OH is 3. The van der Waals surface area contributed by atoms with Gasteiger partial charge in [0.2, 0.25) is 0 Å². The SMILES string of the molecule is N/C=C(O)/C(O)=C\O. The average molecular weight is 117 g/mol. The molecule has 46 valence electrons. The van der Waals surface area contributed by atoms with Crippen molar-refractivity contribution in [1.82, 2.24) is 0 Å². The Hall–Kier alpha value is -1.32. The fourth-order valence-corrected chi connectivity index (χ4v) is 0.152. The lowest BCUT2D eigenvalue weighted by Crippen LogP contribution is -1.91. The second-order valence-electron chi connectivity index (χ2n) is 1.07. The Morgan fingerprint density at radius 2 is 1.75 bits per heavy atom. The topological polar surface area (TPSA) is 86.7 Å². The first kappa shape index (κ1) is 6.68. The van der Waals surface area contributed by atoms with E-state index in [4.69, 9.17) is 21.1 Å². The maximum Gasteiger partial charge on any atom is 0.194 e. The minimum Gasteiger partial charge on any atom is -0.512 e. The molecule has 5 N–H and O–H groups in total. The lowest BCUT2D eigenvalue weighted by molar-refractivity contribution is 0.303. The van der Waals surface area contributed by atoms with Crippen molar-refractivity contribution in [2.24, 2.45) is 5.73 Å². The van der Waals surface area contributed by atoms with Crippen LogP contribution in [0.25, 0.3) is 0 Å². The number of hydrogen-bond donors (Lipinski definition) is 4. The van der Waals surface area contributed by atoms with E-state index in [9.17, 15) is 0 Å². The van der Waals surface area contributed by atoms with Crippen LogP contribution in [-0.4, -0.2) is 15.3 Å². The molecule has 4 heteroatoms. The Balaban J connectivity index is 4.04. The smallest absolute Gasteiger partial charge is 0.194 e. The zero-order valence-corrected chi connectivity index (χ0v) is 4.07. The number of aliphatic hydroxyl groups is 3. The summed E-state index contributed by atoms with van der Waals surface area (Å²) >= 11 is 0. The fraction of sp³-hybridized carbons (Fsp3) is 0. The normalized spacial score (nSPS) is 14.0. The molecule has 0 aromatic heterocycles. The minimum atomic E-state index is -0.646. The summed E-state index contributed by atoms with van der Waals surface area (Å²) in [6.45, 7) is 0. The molecule has 0 atom stereocenters. The summed E-state index contributed by atoms with van der Waals surface area (Å²) in [4.78, 5) is 0. The molecule has 0 heterocycles. The van der Waals surface area contributed by atoms with Gasteiger partial charge in [0.15, 0.2) is 11.5 Å². The summed E-state index contributed by atoms with van der Waals surface area (Å²) in [5, 5.41) is 24.7. The molecule has 0 unspecified atom stereocenters. The van der Waals surface area contributed by atoms with Crippen molar-refractivity contribution in [3.05, 3.63) is 24.0 Å². The Morgan fingerprint density at radius 1 is 1.25 bits per heavy atom. The molecule has 0 saturated heterocycles. The van der Waals surface area contributed by atoms with Crippen molar-refractivity contribution < 1.29 is 15.3 Å². The van der Waals surface area contributed by atoms with Crippen LogP contribution >= 0.6 is 0 Å². The van der Waals surface area contributed by atoms with E-state index in [-0.39, 0.29) is 0 Å². The van der Waals surface area contributed by atoms with Crippen molar-refractivity contribution in [2.75, 3.05) is 0 Å². The summed E-state index contributed by atoms with van der Waals surface area (Å²) in [5.74, 6) is -1.19. The van der Waals surface area contributed by atoms with Crippen molar-refractivity contribution in [3.8, 4) is 0 Å². The van der Waals surface area contributed by atoms with Gasteiger partial charge in [-0.1, -0.05) is 0 Å². The van der Waals surface area contributed by atoms with Gasteiger partial charge < -0.3 is 21.1 Å². The van der Waals surface area contributed by atoms with Gasteiger partial charge in [0.25, 0.3) is 0 Å². The van der Waals surface area contributed by atoms with Gasteiger partial charge in [0.1, 0.15) is 6.26 Å². The van der Waals surface area contributed by atoms with Gasteiger partial charge >= 0.3 is 0 Å². The first-order valence-corrected chi connectivity index (χ1v) is 1.87. The van der Waals surface area contributed by atoms with Gasteiger partial charge in [-0.05, 0) is 0 Å². The summed E-state index contributed by atoms with van der Waals surface area (Å²) in [7, 11) is 0. The number of hydrogen-bond acceptors (Lipinski definition) is 4. The molecule has 0 saturated carbocycles. The van der Waals surface area contributed by atoms with Crippen molar-refractivity contribution in [2.45, 2.75) is 0 Å². The van der Waals surface area contributed by atoms with Gasteiger partial charge in [-0.2, -0.15) is 0 Å². The molecular formula is C4H7NO3. The van der Waals surface area contributed by atoms with Crippen LogP contribution in [0.2, 0.25) is 0 Å². The Labute approximate surface area is 46.2 Å². The highest BCUT2D eigenvalue weighted by Crippen LogP contribution is 1.96. The van der Waals surface area contributed by atoms with Crippen LogP contribution in [-0.2, 0) is 0 Å². The van der Waals surface area contributed by atoms with Crippen LogP contribution in [0, 0.1) is 0 Å². The van der Waals surface area contributed by atoms with Crippen molar-refractivity contribution in [1.29, 1.82) is 0 Å². The van der Waals surface area contributed by atoms with E-state index in [2.05, 4.69) is 0 Å². The van der Waals surface area contributed by atoms with Gasteiger partial charge in [0, 0.05) is 6.20 Å². The zero-order chi connectivity index (χ0) is 6.57. The van der Waals surface area contributed by atoms with E-state index in [0.29, 0.717) is 6.26 Å². The molecule has 4 nitrogen and oxygen atoms in total. The van der Waals surface area contributed by atoms with Crippen LogP contribution in [0.15, 0.2) is 24.0 Å². The summed E-state index contributed by atoms with van der Waals surface area (Å²) < 4.78 is 0. The van der Waals surface area contributed by atoms with Crippen LogP contribution in [0.4, 0.5) is 0 Å². The number of rotatable bonds is 1. The maximum atomic E-state index is 8.38. The van der Waals surface area contributed by atoms with E-state index < -0.39 is 11.5 Å². The van der Waals surface area contributed by atoms with Crippen LogP contribution in [0.5, 0.6) is 0 Å². The Morgan fingerprint density at radius 3 is 1.88 bits per heavy atom. The third kappa shape index (κ3) is 1.42. The lowest BCUT2D eigenvalue weighted by atomic mass is 10.5. The molecule has 0 aromatic rings. The lowest BCUT2D eigenvalue weighted by Gasteiger charge is -1.91. The molecule has 8 heavy (non-hydrogen) atoms. The highest BCUT2D eigenvalue weighted by atomic mass is 16.3. The Bertz CT molecular complexity index is 111. The summed E-state index contributed by atoms with van der Waals surface area (Å²) in [6.07, 6.45) is 1.11. The van der Waals surface area contributed by atoms with Gasteiger partial charge in [0.05, 0.1) is 0 Å². The molecule has 0 fully saturated rings. The molecule has 0 aliphatic carbocycles. The highest BCUT2D eigenvalue weighted by Gasteiger charge is 1.94. The highest BCUT2D eigenvalue weighted by molar-refractivity contribution is 5.13. The van der Waals surface area contributed by atoms with Crippen molar-refractivity contribution in [3.63, 3.8) is 0 Å². The van der Waals surface area contributed by atoms with Crippen molar-refractivity contribution >= 4 is 0 Å². The van der Waals surface area contributed by atoms with Gasteiger partial charge in [-0.3, -0.25) is 0 Å². The maximum absolute atomic E-state index is 8.38. The van der Waals surface area contributed by atoms with Crippen LogP contribution in [0.1, 0.15) is 0 Å². The predicted molar refractivity (Wildman–Crippen MR) is 28.2 cm³/mol. The molecule has 0 amide bonds. The standard InChI is InChI=1S/C4H7NO3/c5-1-3(7)4(8)2-6/h1-2,6-8H,5H2/b3-1-,4-2+. The largest absolute Gasteiger partial charge is 0.512 e. The van der Waals surface area contributed by atoms with Gasteiger partial charge in [-0.25, -0.2) is 0 Å². The van der Waals surface area contributed by atoms with E-state index in [1.807, 2.05) is 0 Å². The van der Waals surface area contributed by atoms with Gasteiger partial charge in [-0.15, -0.1) is 0 Å². The van der Waals surface area contributed by atoms with Crippen LogP contribution < -0.4 is 5.73 Å². The molecule has 0 spiro atoms. The third-order valence-electron chi connectivity index (χ3n) is 0.543. The second kappa shape index (κ2) is 2.79. The molecule has 0 aliphatic heterocycles. The zero-order valence-electron chi connectivity index (χ0n) is 4.07. The summed E-state index contributed by atoms with van der Waals surface area (Å²) in [5.41, 5.74) is 4.72. The Kier molecular flexibility index (Phi) is 2.33. The van der Waals surface area contributed by atoms with Crippen LogP contribution in [0.3, 0.4) is 0 Å². The molecule has 0 aliphatic rings. The monoisotopic (exact) mass is 117 g/mol. The third-order valence-corrected chi connectivity index (χ3v) is 0.543. The number of nitrogens with two attached hydrogens (primary N) is 1. The molecule has 0 radical (unpaired) electrons. The van der Waals surface area contributed by atoms with E-state index in [1.165, 1.54) is 0 Å². The fourth-order valence-electron chi connectivity index (χ4n) is 0.152. The quantitative estimate of drug-likeness (QED) is 0.294. The molecule has 0 aromatic carbocycles. The minimum absolute atomic E-state index is 0.346. The molecule has 0 bridgehead atoms. The summed E-state index contributed by atoms with van der Waals surface area (Å²) in [6, 6.07) is 0.